The molecular weight excluding hydrogens is 793 g/mol. The van der Waals surface area contributed by atoms with Crippen molar-refractivity contribution in [2.75, 3.05) is 13.2 Å². The Bertz CT molecular complexity index is 1430. The summed E-state index contributed by atoms with van der Waals surface area (Å²) < 4.78 is 16.7. The van der Waals surface area contributed by atoms with Gasteiger partial charge in [-0.15, -0.1) is 0 Å². The Balaban J connectivity index is 4.56. The first-order valence-electron chi connectivity index (χ1n) is 25.2. The van der Waals surface area contributed by atoms with E-state index >= 15 is 0 Å². The molecule has 1 unspecified atom stereocenters. The predicted molar refractivity (Wildman–Crippen MR) is 274 cm³/mol. The summed E-state index contributed by atoms with van der Waals surface area (Å²) in [6.45, 7) is 6.18. The van der Waals surface area contributed by atoms with E-state index in [-0.39, 0.29) is 44.0 Å². The van der Waals surface area contributed by atoms with Gasteiger partial charge in [-0.05, 0) is 103 Å². The van der Waals surface area contributed by atoms with Crippen molar-refractivity contribution >= 4 is 17.9 Å². The van der Waals surface area contributed by atoms with E-state index < -0.39 is 6.10 Å². The minimum Gasteiger partial charge on any atom is -0.462 e. The second kappa shape index (κ2) is 51.2. The van der Waals surface area contributed by atoms with Gasteiger partial charge in [-0.3, -0.25) is 14.4 Å². The van der Waals surface area contributed by atoms with E-state index in [9.17, 15) is 14.4 Å². The van der Waals surface area contributed by atoms with Gasteiger partial charge in [0.1, 0.15) is 13.2 Å². The summed E-state index contributed by atoms with van der Waals surface area (Å²) in [5, 5.41) is 0. The van der Waals surface area contributed by atoms with Crippen LogP contribution in [-0.2, 0) is 28.6 Å². The van der Waals surface area contributed by atoms with Crippen LogP contribution in [0.3, 0.4) is 0 Å². The molecule has 0 aliphatic carbocycles. The molecular formula is C58H90O6. The van der Waals surface area contributed by atoms with Crippen LogP contribution in [0.5, 0.6) is 0 Å². The van der Waals surface area contributed by atoms with Crippen molar-refractivity contribution in [2.24, 2.45) is 0 Å². The molecule has 0 bridgehead atoms. The fraction of sp³-hybridized carbons (Fsp3) is 0.569. The molecule has 0 fully saturated rings. The van der Waals surface area contributed by atoms with Crippen molar-refractivity contribution in [3.05, 3.63) is 134 Å². The third kappa shape index (κ3) is 48.6. The van der Waals surface area contributed by atoms with Crippen LogP contribution in [0, 0.1) is 0 Å². The van der Waals surface area contributed by atoms with Crippen LogP contribution < -0.4 is 0 Å². The van der Waals surface area contributed by atoms with Gasteiger partial charge >= 0.3 is 17.9 Å². The highest BCUT2D eigenvalue weighted by Gasteiger charge is 2.19. The average molecular weight is 883 g/mol. The molecule has 1 atom stereocenters. The van der Waals surface area contributed by atoms with Crippen molar-refractivity contribution in [1.29, 1.82) is 0 Å². The lowest BCUT2D eigenvalue weighted by Gasteiger charge is -2.18. The molecule has 0 spiro atoms. The van der Waals surface area contributed by atoms with Gasteiger partial charge in [0.15, 0.2) is 6.10 Å². The van der Waals surface area contributed by atoms with E-state index in [4.69, 9.17) is 14.2 Å². The van der Waals surface area contributed by atoms with Gasteiger partial charge in [0.25, 0.3) is 0 Å². The minimum absolute atomic E-state index is 0.115. The highest BCUT2D eigenvalue weighted by Crippen LogP contribution is 2.13. The van der Waals surface area contributed by atoms with Gasteiger partial charge in [-0.1, -0.05) is 206 Å². The molecule has 0 radical (unpaired) electrons. The number of carbonyl (C=O) groups is 3. The lowest BCUT2D eigenvalue weighted by Crippen LogP contribution is -2.30. The van der Waals surface area contributed by atoms with Crippen LogP contribution in [0.25, 0.3) is 0 Å². The maximum absolute atomic E-state index is 12.8. The molecule has 0 saturated carbocycles. The number of allylic oxidation sites excluding steroid dienone is 22. The van der Waals surface area contributed by atoms with Crippen LogP contribution >= 0.6 is 0 Å². The summed E-state index contributed by atoms with van der Waals surface area (Å²) in [5.74, 6) is -1.02. The van der Waals surface area contributed by atoms with Crippen LogP contribution in [0.1, 0.15) is 194 Å². The zero-order valence-electron chi connectivity index (χ0n) is 40.7. The molecule has 0 aromatic carbocycles. The van der Waals surface area contributed by atoms with Crippen molar-refractivity contribution < 1.29 is 28.6 Å². The number of ether oxygens (including phenoxy) is 3. The standard InChI is InChI=1S/C58H90O6/c1-4-7-10-13-16-19-22-25-28-29-31-33-36-39-42-45-48-51-57(60)63-54-55(53-62-56(59)50-47-44-41-38-35-32-27-24-21-18-15-12-9-6-3)64-58(61)52-49-46-43-40-37-34-30-26-23-20-17-14-11-8-5-2/h7-12,14,16-21,23,25-26,28,30-31,33,39,42,55H,4-6,13,15,22,24,27,29,32,34-38,40-41,43-54H2,1-3H3/b10-7-,11-8-,12-9-,17-14-,19-16-,21-18-,23-20-,28-25-,30-26-,33-31-,42-39-. The number of carbonyl (C=O) groups excluding carboxylic acids is 3. The first kappa shape index (κ1) is 59.5. The number of hydrogen-bond acceptors (Lipinski definition) is 6. The van der Waals surface area contributed by atoms with Gasteiger partial charge in [0.2, 0.25) is 0 Å². The number of hydrogen-bond donors (Lipinski definition) is 0. The van der Waals surface area contributed by atoms with Crippen molar-refractivity contribution in [3.8, 4) is 0 Å². The maximum atomic E-state index is 12.8. The zero-order valence-corrected chi connectivity index (χ0v) is 40.7. The first-order valence-corrected chi connectivity index (χ1v) is 25.2. The SMILES string of the molecule is CC\C=C/C=C\C=C/C=C\CCCCCCCC(=O)OC(COC(=O)CCC/C=C\C/C=C\C/C=C\C/C=C\C/C=C\CC)COC(=O)CCCCCCCCC/C=C\C/C=C\CC. The number of unbranched alkanes of at least 4 members (excludes halogenated alkanes) is 13. The smallest absolute Gasteiger partial charge is 0.306 e. The number of rotatable bonds is 43. The first-order chi connectivity index (χ1) is 31.5. The Hall–Kier alpha value is -4.45. The molecule has 6 nitrogen and oxygen atoms in total. The minimum atomic E-state index is -0.821. The molecule has 0 aromatic heterocycles. The summed E-state index contributed by atoms with van der Waals surface area (Å²) in [5.41, 5.74) is 0. The average Bonchev–Trinajstić information content (AvgIpc) is 3.29. The Morgan fingerprint density at radius 1 is 0.328 bits per heavy atom. The molecule has 0 N–H and O–H groups in total. The summed E-state index contributed by atoms with van der Waals surface area (Å²) in [7, 11) is 0. The Kier molecular flexibility index (Phi) is 47.6. The largest absolute Gasteiger partial charge is 0.462 e. The third-order valence-corrected chi connectivity index (χ3v) is 9.98. The van der Waals surface area contributed by atoms with Crippen molar-refractivity contribution in [3.63, 3.8) is 0 Å². The summed E-state index contributed by atoms with van der Waals surface area (Å²) in [4.78, 5) is 38.0. The highest BCUT2D eigenvalue weighted by molar-refractivity contribution is 5.71. The van der Waals surface area contributed by atoms with Gasteiger partial charge < -0.3 is 14.2 Å². The molecule has 0 rings (SSSR count). The van der Waals surface area contributed by atoms with E-state index in [2.05, 4.69) is 130 Å². The summed E-state index contributed by atoms with van der Waals surface area (Å²) in [6, 6.07) is 0. The Morgan fingerprint density at radius 2 is 0.656 bits per heavy atom. The molecule has 0 saturated heterocycles. The molecule has 6 heteroatoms. The van der Waals surface area contributed by atoms with E-state index in [1.165, 1.54) is 25.7 Å². The Morgan fingerprint density at radius 3 is 1.12 bits per heavy atom. The van der Waals surface area contributed by atoms with Crippen LogP contribution in [0.15, 0.2) is 134 Å². The normalized spacial score (nSPS) is 13.2. The second-order valence-electron chi connectivity index (χ2n) is 16.0. The van der Waals surface area contributed by atoms with Gasteiger partial charge in [0, 0.05) is 19.3 Å². The van der Waals surface area contributed by atoms with Gasteiger partial charge in [-0.2, -0.15) is 0 Å². The fourth-order valence-electron chi connectivity index (χ4n) is 6.29. The second-order valence-corrected chi connectivity index (χ2v) is 16.0. The number of esters is 3. The quantitative estimate of drug-likeness (QED) is 0.0200. The van der Waals surface area contributed by atoms with E-state index in [0.717, 1.165) is 122 Å². The lowest BCUT2D eigenvalue weighted by molar-refractivity contribution is -0.167. The third-order valence-electron chi connectivity index (χ3n) is 9.98. The van der Waals surface area contributed by atoms with E-state index in [1.807, 2.05) is 24.3 Å². The molecule has 0 amide bonds. The van der Waals surface area contributed by atoms with Gasteiger partial charge in [-0.25, -0.2) is 0 Å². The molecule has 0 heterocycles. The van der Waals surface area contributed by atoms with Crippen molar-refractivity contribution in [2.45, 2.75) is 200 Å². The molecule has 64 heavy (non-hydrogen) atoms. The molecule has 0 aliphatic rings. The van der Waals surface area contributed by atoms with Gasteiger partial charge in [0.05, 0.1) is 0 Å². The maximum Gasteiger partial charge on any atom is 0.306 e. The highest BCUT2D eigenvalue weighted by atomic mass is 16.6. The monoisotopic (exact) mass is 883 g/mol. The molecule has 0 aromatic rings. The van der Waals surface area contributed by atoms with E-state index in [1.54, 1.807) is 0 Å². The van der Waals surface area contributed by atoms with Crippen LogP contribution in [0.2, 0.25) is 0 Å². The van der Waals surface area contributed by atoms with Crippen molar-refractivity contribution in [1.82, 2.24) is 0 Å². The lowest BCUT2D eigenvalue weighted by atomic mass is 10.1. The Labute approximate surface area is 392 Å². The van der Waals surface area contributed by atoms with Crippen LogP contribution in [0.4, 0.5) is 0 Å². The molecule has 0 aliphatic heterocycles. The molecule has 358 valence electrons. The summed E-state index contributed by atoms with van der Waals surface area (Å²) >= 11 is 0. The topological polar surface area (TPSA) is 78.9 Å². The predicted octanol–water partition coefficient (Wildman–Crippen LogP) is 16.7. The zero-order chi connectivity index (χ0) is 46.5. The fourth-order valence-corrected chi connectivity index (χ4v) is 6.29. The van der Waals surface area contributed by atoms with E-state index in [0.29, 0.717) is 12.8 Å². The van der Waals surface area contributed by atoms with Crippen LogP contribution in [-0.4, -0.2) is 37.2 Å². The summed E-state index contributed by atoms with van der Waals surface area (Å²) in [6.07, 6.45) is 71.5.